The first kappa shape index (κ1) is 13.6. The average molecular weight is 262 g/mol. The summed E-state index contributed by atoms with van der Waals surface area (Å²) < 4.78 is 5.32. The van der Waals surface area contributed by atoms with Crippen LogP contribution in [0.25, 0.3) is 0 Å². The standard InChI is InChI=1S/C12H17Cl2NO/c1-3-16-7-6-15(2)12-8-11(14)5-4-10(12)9-13/h4-5,8H,3,6-7,9H2,1-2H3. The highest BCUT2D eigenvalue weighted by molar-refractivity contribution is 6.31. The van der Waals surface area contributed by atoms with E-state index in [-0.39, 0.29) is 0 Å². The highest BCUT2D eigenvalue weighted by Crippen LogP contribution is 2.25. The van der Waals surface area contributed by atoms with Crippen LogP contribution in [0, 0.1) is 0 Å². The van der Waals surface area contributed by atoms with Gasteiger partial charge in [0, 0.05) is 36.8 Å². The Morgan fingerprint density at radius 1 is 1.38 bits per heavy atom. The molecule has 1 aromatic carbocycles. The minimum atomic E-state index is 0.492. The van der Waals surface area contributed by atoms with Gasteiger partial charge in [0.15, 0.2) is 0 Å². The van der Waals surface area contributed by atoms with Crippen LogP contribution in [0.5, 0.6) is 0 Å². The minimum Gasteiger partial charge on any atom is -0.380 e. The molecule has 2 nitrogen and oxygen atoms in total. The molecule has 0 atom stereocenters. The van der Waals surface area contributed by atoms with Gasteiger partial charge in [0.1, 0.15) is 0 Å². The van der Waals surface area contributed by atoms with Gasteiger partial charge in [-0.1, -0.05) is 17.7 Å². The number of rotatable bonds is 6. The highest BCUT2D eigenvalue weighted by Gasteiger charge is 2.07. The quantitative estimate of drug-likeness (QED) is 0.574. The lowest BCUT2D eigenvalue weighted by atomic mass is 10.2. The Balaban J connectivity index is 2.72. The second-order valence-corrected chi connectivity index (χ2v) is 4.23. The molecule has 0 unspecified atom stereocenters. The largest absolute Gasteiger partial charge is 0.380 e. The summed E-state index contributed by atoms with van der Waals surface area (Å²) in [4.78, 5) is 2.11. The Morgan fingerprint density at radius 2 is 2.12 bits per heavy atom. The molecule has 0 saturated carbocycles. The Kier molecular flexibility index (Phi) is 5.96. The van der Waals surface area contributed by atoms with Gasteiger partial charge in [0.2, 0.25) is 0 Å². The maximum Gasteiger partial charge on any atom is 0.0641 e. The molecule has 0 radical (unpaired) electrons. The van der Waals surface area contributed by atoms with E-state index >= 15 is 0 Å². The van der Waals surface area contributed by atoms with Crippen LogP contribution in [-0.2, 0) is 10.6 Å². The van der Waals surface area contributed by atoms with E-state index in [1.54, 1.807) is 0 Å². The van der Waals surface area contributed by atoms with Crippen LogP contribution in [-0.4, -0.2) is 26.8 Å². The van der Waals surface area contributed by atoms with Crippen molar-refractivity contribution in [3.05, 3.63) is 28.8 Å². The molecule has 0 aromatic heterocycles. The maximum absolute atomic E-state index is 5.98. The van der Waals surface area contributed by atoms with Gasteiger partial charge in [-0.3, -0.25) is 0 Å². The summed E-state index contributed by atoms with van der Waals surface area (Å²) in [6.45, 7) is 4.27. The number of halogens is 2. The molecule has 1 aromatic rings. The Bertz CT molecular complexity index is 331. The first-order valence-electron chi connectivity index (χ1n) is 5.32. The van der Waals surface area contributed by atoms with E-state index < -0.39 is 0 Å². The Labute approximate surface area is 107 Å². The van der Waals surface area contributed by atoms with Crippen LogP contribution >= 0.6 is 23.2 Å². The lowest BCUT2D eigenvalue weighted by Gasteiger charge is -2.22. The minimum absolute atomic E-state index is 0.492. The molecule has 0 aliphatic rings. The molecular weight excluding hydrogens is 245 g/mol. The molecule has 0 saturated heterocycles. The van der Waals surface area contributed by atoms with E-state index in [1.807, 2.05) is 32.2 Å². The summed E-state index contributed by atoms with van der Waals surface area (Å²) in [7, 11) is 2.01. The molecule has 90 valence electrons. The van der Waals surface area contributed by atoms with Crippen molar-refractivity contribution >= 4 is 28.9 Å². The fourth-order valence-corrected chi connectivity index (χ4v) is 1.86. The zero-order valence-electron chi connectivity index (χ0n) is 9.67. The SMILES string of the molecule is CCOCCN(C)c1cc(Cl)ccc1CCl. The third-order valence-electron chi connectivity index (χ3n) is 2.38. The third-order valence-corrected chi connectivity index (χ3v) is 2.90. The fourth-order valence-electron chi connectivity index (χ4n) is 1.47. The third kappa shape index (κ3) is 3.85. The smallest absolute Gasteiger partial charge is 0.0641 e. The van der Waals surface area contributed by atoms with E-state index in [4.69, 9.17) is 27.9 Å². The molecule has 16 heavy (non-hydrogen) atoms. The molecule has 1 rings (SSSR count). The van der Waals surface area contributed by atoms with E-state index in [0.717, 1.165) is 29.4 Å². The van der Waals surface area contributed by atoms with Gasteiger partial charge in [0.25, 0.3) is 0 Å². The zero-order chi connectivity index (χ0) is 12.0. The summed E-state index contributed by atoms with van der Waals surface area (Å²) >= 11 is 11.9. The summed E-state index contributed by atoms with van der Waals surface area (Å²) in [5.41, 5.74) is 2.16. The molecule has 0 bridgehead atoms. The molecule has 0 N–H and O–H groups in total. The van der Waals surface area contributed by atoms with Crippen LogP contribution < -0.4 is 4.90 Å². The van der Waals surface area contributed by atoms with Gasteiger partial charge in [-0.05, 0) is 24.6 Å². The van der Waals surface area contributed by atoms with E-state index in [0.29, 0.717) is 12.5 Å². The van der Waals surface area contributed by atoms with E-state index in [9.17, 15) is 0 Å². The van der Waals surface area contributed by atoms with Crippen LogP contribution in [0.2, 0.25) is 5.02 Å². The molecule has 0 heterocycles. The van der Waals surface area contributed by atoms with Crippen LogP contribution in [0.4, 0.5) is 5.69 Å². The van der Waals surface area contributed by atoms with Gasteiger partial charge in [-0.25, -0.2) is 0 Å². The van der Waals surface area contributed by atoms with Crippen molar-refractivity contribution < 1.29 is 4.74 Å². The first-order valence-corrected chi connectivity index (χ1v) is 6.23. The van der Waals surface area contributed by atoms with Crippen molar-refractivity contribution in [2.24, 2.45) is 0 Å². The average Bonchev–Trinajstić information content (AvgIpc) is 2.29. The summed E-state index contributed by atoms with van der Waals surface area (Å²) in [6, 6.07) is 5.76. The van der Waals surface area contributed by atoms with Crippen LogP contribution in [0.1, 0.15) is 12.5 Å². The number of hydrogen-bond donors (Lipinski definition) is 0. The maximum atomic E-state index is 5.98. The number of likely N-dealkylation sites (N-methyl/N-ethyl adjacent to an activating group) is 1. The fraction of sp³-hybridized carbons (Fsp3) is 0.500. The molecule has 0 aliphatic carbocycles. The van der Waals surface area contributed by atoms with Crippen molar-refractivity contribution in [2.75, 3.05) is 31.7 Å². The molecular formula is C12H17Cl2NO. The van der Waals surface area contributed by atoms with Gasteiger partial charge >= 0.3 is 0 Å². The second kappa shape index (κ2) is 7.00. The molecule has 4 heteroatoms. The van der Waals surface area contributed by atoms with Gasteiger partial charge in [0.05, 0.1) is 6.61 Å². The van der Waals surface area contributed by atoms with E-state index in [1.165, 1.54) is 0 Å². The number of benzene rings is 1. The van der Waals surface area contributed by atoms with Crippen molar-refractivity contribution in [3.63, 3.8) is 0 Å². The summed E-state index contributed by atoms with van der Waals surface area (Å²) in [5, 5.41) is 0.729. The number of ether oxygens (including phenoxy) is 1. The molecule has 0 spiro atoms. The van der Waals surface area contributed by atoms with Gasteiger partial charge < -0.3 is 9.64 Å². The van der Waals surface area contributed by atoms with Crippen LogP contribution in [0.3, 0.4) is 0 Å². The number of hydrogen-bond acceptors (Lipinski definition) is 2. The lowest BCUT2D eigenvalue weighted by Crippen LogP contribution is -2.23. The van der Waals surface area contributed by atoms with Crippen molar-refractivity contribution in [2.45, 2.75) is 12.8 Å². The van der Waals surface area contributed by atoms with Crippen molar-refractivity contribution in [1.29, 1.82) is 0 Å². The van der Waals surface area contributed by atoms with Crippen LogP contribution in [0.15, 0.2) is 18.2 Å². The molecule has 0 fully saturated rings. The predicted molar refractivity (Wildman–Crippen MR) is 70.8 cm³/mol. The molecule has 0 aliphatic heterocycles. The van der Waals surface area contributed by atoms with Crippen molar-refractivity contribution in [3.8, 4) is 0 Å². The highest BCUT2D eigenvalue weighted by atomic mass is 35.5. The van der Waals surface area contributed by atoms with Gasteiger partial charge in [-0.2, -0.15) is 0 Å². The number of nitrogens with zero attached hydrogens (tertiary/aromatic N) is 1. The van der Waals surface area contributed by atoms with Crippen molar-refractivity contribution in [1.82, 2.24) is 0 Å². The monoisotopic (exact) mass is 261 g/mol. The summed E-state index contributed by atoms with van der Waals surface area (Å²) in [6.07, 6.45) is 0. The normalized spacial score (nSPS) is 10.5. The Morgan fingerprint density at radius 3 is 2.75 bits per heavy atom. The predicted octanol–water partition coefficient (Wildman–Crippen LogP) is 3.55. The van der Waals surface area contributed by atoms with Gasteiger partial charge in [-0.15, -0.1) is 11.6 Å². The first-order chi connectivity index (χ1) is 7.69. The topological polar surface area (TPSA) is 12.5 Å². The molecule has 0 amide bonds. The van der Waals surface area contributed by atoms with E-state index in [2.05, 4.69) is 4.90 Å². The lowest BCUT2D eigenvalue weighted by molar-refractivity contribution is 0.154. The second-order valence-electron chi connectivity index (χ2n) is 3.53. The zero-order valence-corrected chi connectivity index (χ0v) is 11.2. The number of anilines is 1. The number of alkyl halides is 1. The Hall–Kier alpha value is -0.440. The summed E-state index contributed by atoms with van der Waals surface area (Å²) in [5.74, 6) is 0.492.